The fraction of sp³-hybridized carbons (Fsp3) is 0.438. The normalized spacial score (nSPS) is 19.1. The van der Waals surface area contributed by atoms with Crippen molar-refractivity contribution in [1.29, 1.82) is 0 Å². The molecule has 0 bridgehead atoms. The largest absolute Gasteiger partial charge is 0.480 e. The Bertz CT molecular complexity index is 817. The summed E-state index contributed by atoms with van der Waals surface area (Å²) in [5.41, 5.74) is 0.388. The van der Waals surface area contributed by atoms with E-state index >= 15 is 0 Å². The molecule has 2 rings (SSSR count). The number of carboxylic acids is 1. The van der Waals surface area contributed by atoms with Gasteiger partial charge in [-0.25, -0.2) is 13.2 Å². The summed E-state index contributed by atoms with van der Waals surface area (Å²) < 4.78 is 26.4. The zero-order valence-electron chi connectivity index (χ0n) is 14.2. The molecule has 0 saturated carbocycles. The second-order valence-corrected chi connectivity index (χ2v) is 7.94. The number of amidine groups is 1. The lowest BCUT2D eigenvalue weighted by molar-refractivity contribution is -0.142. The van der Waals surface area contributed by atoms with Crippen LogP contribution in [0.5, 0.6) is 0 Å². The van der Waals surface area contributed by atoms with E-state index in [0.29, 0.717) is 12.0 Å². The molecule has 2 atom stereocenters. The van der Waals surface area contributed by atoms with Crippen LogP contribution in [0.2, 0.25) is 0 Å². The number of fused-ring (bicyclic) bond motifs is 1. The van der Waals surface area contributed by atoms with Gasteiger partial charge in [-0.2, -0.15) is 0 Å². The first-order chi connectivity index (χ1) is 11.6. The Morgan fingerprint density at radius 3 is 2.48 bits per heavy atom. The van der Waals surface area contributed by atoms with E-state index in [1.807, 2.05) is 13.8 Å². The Labute approximate surface area is 146 Å². The van der Waals surface area contributed by atoms with Crippen molar-refractivity contribution in [2.75, 3.05) is 0 Å². The highest BCUT2D eigenvalue weighted by Crippen LogP contribution is 2.22. The van der Waals surface area contributed by atoms with Crippen molar-refractivity contribution in [3.63, 3.8) is 0 Å². The molecule has 136 valence electrons. The van der Waals surface area contributed by atoms with E-state index in [1.165, 1.54) is 13.0 Å². The van der Waals surface area contributed by atoms with Gasteiger partial charge in [0.05, 0.1) is 4.90 Å². The summed E-state index contributed by atoms with van der Waals surface area (Å²) >= 11 is 0. The number of benzene rings is 1. The summed E-state index contributed by atoms with van der Waals surface area (Å²) in [6, 6.07) is 4.36. The second-order valence-electron chi connectivity index (χ2n) is 6.28. The molecular formula is C16H21N3O5S. The van der Waals surface area contributed by atoms with Gasteiger partial charge < -0.3 is 10.4 Å². The Morgan fingerprint density at radius 1 is 1.24 bits per heavy atom. The zero-order valence-corrected chi connectivity index (χ0v) is 15.0. The first kappa shape index (κ1) is 18.9. The zero-order chi connectivity index (χ0) is 18.8. The van der Waals surface area contributed by atoms with Gasteiger partial charge in [-0.1, -0.05) is 26.0 Å². The number of rotatable bonds is 6. The van der Waals surface area contributed by atoms with Crippen molar-refractivity contribution in [3.05, 3.63) is 29.8 Å². The van der Waals surface area contributed by atoms with Gasteiger partial charge in [0.25, 0.3) is 10.0 Å². The Hall–Kier alpha value is -2.42. The number of carbonyl (C=O) groups is 2. The van der Waals surface area contributed by atoms with Crippen LogP contribution in [0.3, 0.4) is 0 Å². The number of hydrogen-bond acceptors (Lipinski definition) is 5. The molecule has 0 radical (unpaired) electrons. The van der Waals surface area contributed by atoms with Crippen molar-refractivity contribution in [1.82, 2.24) is 10.0 Å². The number of hydrogen-bond donors (Lipinski definition) is 3. The van der Waals surface area contributed by atoms with E-state index in [-0.39, 0.29) is 16.6 Å². The second kappa shape index (κ2) is 7.22. The molecule has 1 aliphatic rings. The average molecular weight is 367 g/mol. The van der Waals surface area contributed by atoms with Crippen LogP contribution in [-0.4, -0.2) is 43.3 Å². The first-order valence-electron chi connectivity index (χ1n) is 7.85. The van der Waals surface area contributed by atoms with Crippen LogP contribution in [0.15, 0.2) is 34.2 Å². The number of aliphatic carboxylic acids is 1. The van der Waals surface area contributed by atoms with E-state index in [0.717, 1.165) is 0 Å². The summed E-state index contributed by atoms with van der Waals surface area (Å²) in [5.74, 6) is -1.52. The molecular weight excluding hydrogens is 346 g/mol. The summed E-state index contributed by atoms with van der Waals surface area (Å²) in [6.07, 6.45) is 0.291. The lowest BCUT2D eigenvalue weighted by Crippen LogP contribution is -2.45. The average Bonchev–Trinajstić information content (AvgIpc) is 2.77. The van der Waals surface area contributed by atoms with Crippen LogP contribution < -0.4 is 10.0 Å². The Balaban J connectivity index is 2.19. The number of amides is 1. The van der Waals surface area contributed by atoms with Crippen molar-refractivity contribution in [2.45, 2.75) is 44.2 Å². The van der Waals surface area contributed by atoms with Crippen molar-refractivity contribution in [2.24, 2.45) is 10.9 Å². The van der Waals surface area contributed by atoms with E-state index in [1.54, 1.807) is 18.2 Å². The monoisotopic (exact) mass is 367 g/mol. The molecule has 1 amide bonds. The van der Waals surface area contributed by atoms with Crippen LogP contribution in [0.4, 0.5) is 0 Å². The van der Waals surface area contributed by atoms with Gasteiger partial charge in [0.2, 0.25) is 5.91 Å². The molecule has 9 heteroatoms. The third-order valence-corrected chi connectivity index (χ3v) is 5.08. The molecule has 1 aliphatic heterocycles. The maximum absolute atomic E-state index is 12.2. The lowest BCUT2D eigenvalue weighted by Gasteiger charge is -2.18. The van der Waals surface area contributed by atoms with E-state index in [2.05, 4.69) is 15.0 Å². The molecule has 3 N–H and O–H groups in total. The summed E-state index contributed by atoms with van der Waals surface area (Å²) in [4.78, 5) is 27.7. The minimum atomic E-state index is -3.69. The molecule has 0 aromatic heterocycles. The molecule has 8 nitrogen and oxygen atoms in total. The van der Waals surface area contributed by atoms with Crippen LogP contribution in [0, 0.1) is 5.92 Å². The van der Waals surface area contributed by atoms with E-state index in [9.17, 15) is 23.1 Å². The smallest absolute Gasteiger partial charge is 0.326 e. The molecule has 25 heavy (non-hydrogen) atoms. The van der Waals surface area contributed by atoms with Gasteiger partial charge >= 0.3 is 5.97 Å². The molecule has 0 aliphatic carbocycles. The number of sulfonamides is 1. The van der Waals surface area contributed by atoms with Crippen LogP contribution >= 0.6 is 0 Å². The summed E-state index contributed by atoms with van der Waals surface area (Å²) in [7, 11) is -3.69. The molecule has 0 fully saturated rings. The Kier molecular flexibility index (Phi) is 5.46. The van der Waals surface area contributed by atoms with Crippen LogP contribution in [0.1, 0.15) is 32.8 Å². The highest BCUT2D eigenvalue weighted by atomic mass is 32.2. The summed E-state index contributed by atoms with van der Waals surface area (Å²) in [6.45, 7) is 5.19. The summed E-state index contributed by atoms with van der Waals surface area (Å²) in [5, 5.41) is 11.6. The van der Waals surface area contributed by atoms with Gasteiger partial charge in [0.15, 0.2) is 0 Å². The number of aliphatic imine (C=N–C) groups is 1. The molecule has 0 spiro atoms. The predicted octanol–water partition coefficient (Wildman–Crippen LogP) is 0.729. The van der Waals surface area contributed by atoms with Gasteiger partial charge in [-0.3, -0.25) is 14.5 Å². The fourth-order valence-electron chi connectivity index (χ4n) is 2.47. The highest BCUT2D eigenvalue weighted by molar-refractivity contribution is 7.90. The van der Waals surface area contributed by atoms with E-state index < -0.39 is 34.0 Å². The van der Waals surface area contributed by atoms with Gasteiger partial charge in [-0.15, -0.1) is 0 Å². The fourth-order valence-corrected chi connectivity index (χ4v) is 3.71. The van der Waals surface area contributed by atoms with Gasteiger partial charge in [-0.05, 0) is 31.4 Å². The highest BCUT2D eigenvalue weighted by Gasteiger charge is 2.31. The van der Waals surface area contributed by atoms with Crippen molar-refractivity contribution in [3.8, 4) is 0 Å². The topological polar surface area (TPSA) is 125 Å². The van der Waals surface area contributed by atoms with Crippen LogP contribution in [0.25, 0.3) is 0 Å². The lowest BCUT2D eigenvalue weighted by atomic mass is 10.0. The number of carboxylic acid groups (broad SMARTS) is 1. The van der Waals surface area contributed by atoms with Gasteiger partial charge in [0, 0.05) is 5.56 Å². The minimum absolute atomic E-state index is 0.0778. The number of carbonyl (C=O) groups excluding carboxylic acids is 1. The van der Waals surface area contributed by atoms with Crippen LogP contribution in [-0.2, 0) is 19.6 Å². The quantitative estimate of drug-likeness (QED) is 0.683. The molecule has 1 unspecified atom stereocenters. The molecule has 0 saturated heterocycles. The Morgan fingerprint density at radius 2 is 1.88 bits per heavy atom. The first-order valence-corrected chi connectivity index (χ1v) is 9.33. The third-order valence-electron chi connectivity index (χ3n) is 3.69. The standard InChI is InChI=1S/C16H21N3O5S/c1-9(2)8-12(16(21)22)18-15(20)10(3)17-14-11-6-4-5-7-13(11)25(23,24)19-14/h4-7,9-10,12H,8H2,1-3H3,(H,17,19)(H,18,20)(H,21,22)/t10?,12-/m0/s1. The number of nitrogens with zero attached hydrogens (tertiary/aromatic N) is 1. The van der Waals surface area contributed by atoms with Gasteiger partial charge in [0.1, 0.15) is 17.9 Å². The van der Waals surface area contributed by atoms with Crippen molar-refractivity contribution < 1.29 is 23.1 Å². The molecule has 1 aromatic carbocycles. The predicted molar refractivity (Wildman–Crippen MR) is 91.8 cm³/mol. The maximum atomic E-state index is 12.2. The molecule has 1 heterocycles. The maximum Gasteiger partial charge on any atom is 0.326 e. The minimum Gasteiger partial charge on any atom is -0.480 e. The molecule has 1 aromatic rings. The van der Waals surface area contributed by atoms with E-state index in [4.69, 9.17) is 0 Å². The number of nitrogens with one attached hydrogen (secondary N) is 2. The van der Waals surface area contributed by atoms with Crippen molar-refractivity contribution >= 4 is 27.7 Å². The third kappa shape index (κ3) is 4.36. The SMILES string of the molecule is CC(C)C[C@H](NC(=O)C(C)N=C1NS(=O)(=O)c2ccccc21)C(=O)O.